The first-order valence-electron chi connectivity index (χ1n) is 6.62. The molecule has 0 amide bonds. The average Bonchev–Trinajstić information content (AvgIpc) is 2.52. The Labute approximate surface area is 122 Å². The van der Waals surface area contributed by atoms with Gasteiger partial charge in [-0.2, -0.15) is 0 Å². The molecule has 1 heterocycles. The molecule has 1 aliphatic rings. The second kappa shape index (κ2) is 7.17. The summed E-state index contributed by atoms with van der Waals surface area (Å²) in [4.78, 5) is 0. The van der Waals surface area contributed by atoms with E-state index in [1.165, 1.54) is 0 Å². The van der Waals surface area contributed by atoms with Crippen LogP contribution in [0, 0.1) is 0 Å². The Kier molecular flexibility index (Phi) is 5.51. The molecule has 0 spiro atoms. The van der Waals surface area contributed by atoms with Crippen LogP contribution in [-0.2, 0) is 16.1 Å². The largest absolute Gasteiger partial charge is 0.497 e. The van der Waals surface area contributed by atoms with Crippen molar-refractivity contribution in [3.05, 3.63) is 29.8 Å². The van der Waals surface area contributed by atoms with Gasteiger partial charge in [-0.15, -0.1) is 0 Å². The Balaban J connectivity index is 1.94. The Morgan fingerprint density at radius 3 is 2.29 bits per heavy atom. The van der Waals surface area contributed by atoms with Crippen molar-refractivity contribution in [1.29, 1.82) is 0 Å². The molecule has 1 fully saturated rings. The quantitative estimate of drug-likeness (QED) is 0.553. The van der Waals surface area contributed by atoms with E-state index in [9.17, 15) is 15.3 Å². The van der Waals surface area contributed by atoms with E-state index in [0.29, 0.717) is 5.75 Å². The van der Waals surface area contributed by atoms with E-state index in [2.05, 4.69) is 0 Å². The summed E-state index contributed by atoms with van der Waals surface area (Å²) in [6.07, 6.45) is -6.30. The fourth-order valence-corrected chi connectivity index (χ4v) is 2.11. The van der Waals surface area contributed by atoms with Crippen LogP contribution in [0.4, 0.5) is 0 Å². The highest BCUT2D eigenvalue weighted by Gasteiger charge is 2.43. The molecule has 1 aromatic rings. The lowest BCUT2D eigenvalue weighted by Gasteiger charge is -2.39. The third kappa shape index (κ3) is 3.70. The van der Waals surface area contributed by atoms with Crippen LogP contribution >= 0.6 is 0 Å². The van der Waals surface area contributed by atoms with Crippen molar-refractivity contribution in [2.45, 2.75) is 37.3 Å². The summed E-state index contributed by atoms with van der Waals surface area (Å²) < 4.78 is 15.7. The Morgan fingerprint density at radius 1 is 1.05 bits per heavy atom. The van der Waals surface area contributed by atoms with Crippen LogP contribution in [0.1, 0.15) is 5.56 Å². The Hall–Kier alpha value is -1.22. The molecule has 4 N–H and O–H groups in total. The molecule has 0 aromatic heterocycles. The van der Waals surface area contributed by atoms with Gasteiger partial charge in [0.05, 0.1) is 20.3 Å². The van der Waals surface area contributed by atoms with Crippen molar-refractivity contribution >= 4 is 0 Å². The molecule has 3 unspecified atom stereocenters. The lowest BCUT2D eigenvalue weighted by atomic mass is 9.99. The van der Waals surface area contributed by atoms with Gasteiger partial charge in [-0.1, -0.05) is 12.1 Å². The molecule has 5 atom stereocenters. The SMILES string of the molecule is COc1ccc(CO[C@@H]2OC(CO)[C@H](O)C(O)C2O)cc1. The second-order valence-electron chi connectivity index (χ2n) is 4.86. The molecule has 7 nitrogen and oxygen atoms in total. The van der Waals surface area contributed by atoms with Gasteiger partial charge in [0.1, 0.15) is 30.2 Å². The number of ether oxygens (including phenoxy) is 3. The molecule has 0 bridgehead atoms. The number of methoxy groups -OCH3 is 1. The zero-order chi connectivity index (χ0) is 15.4. The summed E-state index contributed by atoms with van der Waals surface area (Å²) in [5.41, 5.74) is 0.827. The number of hydrogen-bond donors (Lipinski definition) is 4. The monoisotopic (exact) mass is 300 g/mol. The zero-order valence-corrected chi connectivity index (χ0v) is 11.6. The van der Waals surface area contributed by atoms with E-state index >= 15 is 0 Å². The van der Waals surface area contributed by atoms with E-state index in [4.69, 9.17) is 19.3 Å². The Bertz CT molecular complexity index is 433. The van der Waals surface area contributed by atoms with Crippen LogP contribution in [-0.4, -0.2) is 64.8 Å². The summed E-state index contributed by atoms with van der Waals surface area (Å²) in [5, 5.41) is 38.2. The zero-order valence-electron chi connectivity index (χ0n) is 11.6. The normalized spacial score (nSPS) is 32.9. The predicted octanol–water partition coefficient (Wildman–Crippen LogP) is -0.988. The highest BCUT2D eigenvalue weighted by Crippen LogP contribution is 2.23. The fourth-order valence-electron chi connectivity index (χ4n) is 2.11. The molecule has 0 aliphatic carbocycles. The molecule has 1 saturated heterocycles. The van der Waals surface area contributed by atoms with Crippen molar-refractivity contribution in [2.75, 3.05) is 13.7 Å². The maximum atomic E-state index is 9.82. The first-order valence-corrected chi connectivity index (χ1v) is 6.62. The van der Waals surface area contributed by atoms with Crippen LogP contribution in [0.15, 0.2) is 24.3 Å². The van der Waals surface area contributed by atoms with Gasteiger partial charge in [-0.05, 0) is 17.7 Å². The summed E-state index contributed by atoms with van der Waals surface area (Å²) in [6, 6.07) is 7.13. The van der Waals surface area contributed by atoms with E-state index in [0.717, 1.165) is 5.56 Å². The third-order valence-corrected chi connectivity index (χ3v) is 3.42. The molecule has 1 aromatic carbocycles. The molecule has 7 heteroatoms. The number of aliphatic hydroxyl groups is 4. The molecule has 21 heavy (non-hydrogen) atoms. The number of aliphatic hydroxyl groups excluding tert-OH is 4. The number of hydrogen-bond acceptors (Lipinski definition) is 7. The molecule has 118 valence electrons. The van der Waals surface area contributed by atoms with Crippen molar-refractivity contribution in [3.8, 4) is 5.75 Å². The number of rotatable bonds is 5. The van der Waals surface area contributed by atoms with Crippen LogP contribution in [0.5, 0.6) is 5.75 Å². The third-order valence-electron chi connectivity index (χ3n) is 3.42. The minimum atomic E-state index is -1.43. The fraction of sp³-hybridized carbons (Fsp3) is 0.571. The van der Waals surface area contributed by atoms with Crippen LogP contribution in [0.2, 0.25) is 0 Å². The maximum Gasteiger partial charge on any atom is 0.187 e. The minimum Gasteiger partial charge on any atom is -0.497 e. The second-order valence-corrected chi connectivity index (χ2v) is 4.86. The summed E-state index contributed by atoms with van der Waals surface area (Å²) >= 11 is 0. The summed E-state index contributed by atoms with van der Waals surface area (Å²) in [7, 11) is 1.57. The van der Waals surface area contributed by atoms with Crippen LogP contribution in [0.25, 0.3) is 0 Å². The summed E-state index contributed by atoms with van der Waals surface area (Å²) in [5.74, 6) is 0.714. The van der Waals surface area contributed by atoms with Gasteiger partial charge in [-0.3, -0.25) is 0 Å². The molecule has 0 saturated carbocycles. The lowest BCUT2D eigenvalue weighted by molar-refractivity contribution is -0.304. The van der Waals surface area contributed by atoms with Gasteiger partial charge in [0.15, 0.2) is 6.29 Å². The topological polar surface area (TPSA) is 109 Å². The van der Waals surface area contributed by atoms with Crippen molar-refractivity contribution in [3.63, 3.8) is 0 Å². The van der Waals surface area contributed by atoms with Gasteiger partial charge in [-0.25, -0.2) is 0 Å². The maximum absolute atomic E-state index is 9.82. The molecular weight excluding hydrogens is 280 g/mol. The first-order chi connectivity index (χ1) is 10.1. The predicted molar refractivity (Wildman–Crippen MR) is 71.6 cm³/mol. The molecular formula is C14H20O7. The average molecular weight is 300 g/mol. The standard InChI is InChI=1S/C14H20O7/c1-19-9-4-2-8(3-5-9)7-20-14-13(18)12(17)11(16)10(6-15)21-14/h2-5,10-18H,6-7H2,1H3/t10?,11-,12?,13?,14+/m0/s1. The first kappa shape index (κ1) is 16.2. The highest BCUT2D eigenvalue weighted by atomic mass is 16.7. The summed E-state index contributed by atoms with van der Waals surface area (Å²) in [6.45, 7) is -0.333. The van der Waals surface area contributed by atoms with E-state index in [1.54, 1.807) is 31.4 Å². The van der Waals surface area contributed by atoms with Crippen molar-refractivity contribution in [1.82, 2.24) is 0 Å². The number of benzene rings is 1. The van der Waals surface area contributed by atoms with Gasteiger partial charge in [0, 0.05) is 0 Å². The van der Waals surface area contributed by atoms with Gasteiger partial charge in [0.2, 0.25) is 0 Å². The highest BCUT2D eigenvalue weighted by molar-refractivity contribution is 5.26. The molecule has 0 radical (unpaired) electrons. The van der Waals surface area contributed by atoms with Crippen molar-refractivity contribution in [2.24, 2.45) is 0 Å². The van der Waals surface area contributed by atoms with E-state index < -0.39 is 37.3 Å². The smallest absolute Gasteiger partial charge is 0.187 e. The van der Waals surface area contributed by atoms with Crippen molar-refractivity contribution < 1.29 is 34.6 Å². The molecule has 2 rings (SSSR count). The van der Waals surface area contributed by atoms with E-state index in [-0.39, 0.29) is 6.61 Å². The Morgan fingerprint density at radius 2 is 1.71 bits per heavy atom. The lowest BCUT2D eigenvalue weighted by Crippen LogP contribution is -2.59. The van der Waals surface area contributed by atoms with Crippen LogP contribution in [0.3, 0.4) is 0 Å². The van der Waals surface area contributed by atoms with Gasteiger partial charge >= 0.3 is 0 Å². The van der Waals surface area contributed by atoms with Gasteiger partial charge in [0.25, 0.3) is 0 Å². The minimum absolute atomic E-state index is 0.146. The molecule has 1 aliphatic heterocycles. The van der Waals surface area contributed by atoms with E-state index in [1.807, 2.05) is 0 Å². The van der Waals surface area contributed by atoms with Gasteiger partial charge < -0.3 is 34.6 Å². The van der Waals surface area contributed by atoms with Crippen LogP contribution < -0.4 is 4.74 Å².